The molecular weight excluding hydrogens is 162 g/mol. The summed E-state index contributed by atoms with van der Waals surface area (Å²) in [5.41, 5.74) is 8.30. The summed E-state index contributed by atoms with van der Waals surface area (Å²) in [6.45, 7) is 4.32. The summed E-state index contributed by atoms with van der Waals surface area (Å²) < 4.78 is 1.78. The fraction of sp³-hybridized carbons (Fsp3) is 0.700. The van der Waals surface area contributed by atoms with Crippen molar-refractivity contribution in [3.8, 4) is 0 Å². The normalized spacial score (nSPS) is 10.7. The Kier molecular flexibility index (Phi) is 3.34. The zero-order valence-corrected chi connectivity index (χ0v) is 8.80. The van der Waals surface area contributed by atoms with Crippen molar-refractivity contribution in [2.24, 2.45) is 7.05 Å². The molecule has 0 fully saturated rings. The molecule has 0 bridgehead atoms. The molecule has 1 aromatic rings. The lowest BCUT2D eigenvalue weighted by Crippen LogP contribution is -1.98. The van der Waals surface area contributed by atoms with Crippen LogP contribution in [0.5, 0.6) is 0 Å². The number of hydrogen-bond donors (Lipinski definition) is 1. The topological polar surface area (TPSA) is 43.8 Å². The quantitative estimate of drug-likeness (QED) is 0.771. The van der Waals surface area contributed by atoms with Gasteiger partial charge in [0.1, 0.15) is 5.82 Å². The number of rotatable bonds is 4. The minimum atomic E-state index is 0.827. The Hall–Kier alpha value is -0.990. The Balaban J connectivity index is 2.86. The molecule has 3 heteroatoms. The van der Waals surface area contributed by atoms with E-state index >= 15 is 0 Å². The van der Waals surface area contributed by atoms with Crippen LogP contribution >= 0.6 is 0 Å². The number of unbranched alkanes of at least 4 members (excludes halogenated alkanes) is 1. The fourth-order valence-electron chi connectivity index (χ4n) is 1.57. The van der Waals surface area contributed by atoms with E-state index in [1.165, 1.54) is 24.1 Å². The first kappa shape index (κ1) is 10.1. The van der Waals surface area contributed by atoms with E-state index in [1.807, 2.05) is 7.05 Å². The van der Waals surface area contributed by atoms with E-state index in [1.54, 1.807) is 4.68 Å². The summed E-state index contributed by atoms with van der Waals surface area (Å²) in [6.07, 6.45) is 4.45. The summed E-state index contributed by atoms with van der Waals surface area (Å²) in [5.74, 6) is 0.827. The van der Waals surface area contributed by atoms with Gasteiger partial charge in [-0.2, -0.15) is 5.10 Å². The van der Waals surface area contributed by atoms with Gasteiger partial charge in [0.15, 0.2) is 0 Å². The molecule has 0 saturated carbocycles. The van der Waals surface area contributed by atoms with Gasteiger partial charge in [0.2, 0.25) is 0 Å². The van der Waals surface area contributed by atoms with Gasteiger partial charge in [-0.05, 0) is 19.3 Å². The molecule has 0 aromatic carbocycles. The smallest absolute Gasteiger partial charge is 0.124 e. The molecule has 0 saturated heterocycles. The summed E-state index contributed by atoms with van der Waals surface area (Å²) in [7, 11) is 1.91. The first-order valence-corrected chi connectivity index (χ1v) is 5.00. The van der Waals surface area contributed by atoms with Gasteiger partial charge in [0.25, 0.3) is 0 Å². The lowest BCUT2D eigenvalue weighted by atomic mass is 10.1. The second-order valence-corrected chi connectivity index (χ2v) is 3.39. The number of hydrogen-bond acceptors (Lipinski definition) is 2. The Labute approximate surface area is 79.9 Å². The van der Waals surface area contributed by atoms with Crippen LogP contribution in [0.25, 0.3) is 0 Å². The Morgan fingerprint density at radius 3 is 2.62 bits per heavy atom. The van der Waals surface area contributed by atoms with E-state index in [2.05, 4.69) is 18.9 Å². The van der Waals surface area contributed by atoms with Crippen LogP contribution in [0.3, 0.4) is 0 Å². The van der Waals surface area contributed by atoms with Crippen molar-refractivity contribution in [1.29, 1.82) is 0 Å². The van der Waals surface area contributed by atoms with Crippen molar-refractivity contribution in [2.75, 3.05) is 5.73 Å². The van der Waals surface area contributed by atoms with Gasteiger partial charge in [0, 0.05) is 12.6 Å². The van der Waals surface area contributed by atoms with Gasteiger partial charge >= 0.3 is 0 Å². The molecule has 0 radical (unpaired) electrons. The third-order valence-electron chi connectivity index (χ3n) is 2.40. The summed E-state index contributed by atoms with van der Waals surface area (Å²) >= 11 is 0. The van der Waals surface area contributed by atoms with Gasteiger partial charge in [-0.1, -0.05) is 20.3 Å². The SMILES string of the molecule is CCCCc1nn(C)c(N)c1CC. The Morgan fingerprint density at radius 2 is 2.08 bits per heavy atom. The summed E-state index contributed by atoms with van der Waals surface area (Å²) in [6, 6.07) is 0. The number of nitrogen functional groups attached to an aromatic ring is 1. The van der Waals surface area contributed by atoms with Crippen LogP contribution in [0.15, 0.2) is 0 Å². The van der Waals surface area contributed by atoms with E-state index in [-0.39, 0.29) is 0 Å². The monoisotopic (exact) mass is 181 g/mol. The van der Waals surface area contributed by atoms with Gasteiger partial charge < -0.3 is 5.73 Å². The number of anilines is 1. The van der Waals surface area contributed by atoms with Crippen molar-refractivity contribution in [3.05, 3.63) is 11.3 Å². The number of nitrogens with two attached hydrogens (primary N) is 1. The van der Waals surface area contributed by atoms with Crippen LogP contribution in [-0.4, -0.2) is 9.78 Å². The third-order valence-corrected chi connectivity index (χ3v) is 2.40. The predicted octanol–water partition coefficient (Wildman–Crippen LogP) is 1.91. The van der Waals surface area contributed by atoms with E-state index in [9.17, 15) is 0 Å². The Bertz CT molecular complexity index is 276. The van der Waals surface area contributed by atoms with Gasteiger partial charge in [-0.3, -0.25) is 4.68 Å². The number of aromatic nitrogens is 2. The highest BCUT2D eigenvalue weighted by Crippen LogP contribution is 2.18. The standard InChI is InChI=1S/C10H19N3/c1-4-6-7-9-8(5-2)10(11)13(3)12-9/h4-7,11H2,1-3H3. The molecule has 2 N–H and O–H groups in total. The van der Waals surface area contributed by atoms with Crippen LogP contribution < -0.4 is 5.73 Å². The zero-order valence-electron chi connectivity index (χ0n) is 8.80. The maximum absolute atomic E-state index is 5.89. The van der Waals surface area contributed by atoms with Crippen molar-refractivity contribution < 1.29 is 0 Å². The van der Waals surface area contributed by atoms with E-state index in [0.717, 1.165) is 18.7 Å². The zero-order chi connectivity index (χ0) is 9.84. The molecule has 1 heterocycles. The average molecular weight is 181 g/mol. The highest BCUT2D eigenvalue weighted by molar-refractivity contribution is 5.43. The Morgan fingerprint density at radius 1 is 1.38 bits per heavy atom. The number of nitrogens with zero attached hydrogens (tertiary/aromatic N) is 2. The van der Waals surface area contributed by atoms with E-state index < -0.39 is 0 Å². The minimum absolute atomic E-state index is 0.827. The molecule has 0 aliphatic rings. The maximum atomic E-state index is 5.89. The van der Waals surface area contributed by atoms with E-state index in [4.69, 9.17) is 5.73 Å². The molecule has 0 aliphatic heterocycles. The first-order chi connectivity index (χ1) is 6.20. The van der Waals surface area contributed by atoms with Gasteiger partial charge in [-0.15, -0.1) is 0 Å². The molecule has 0 unspecified atom stereocenters. The van der Waals surface area contributed by atoms with Crippen molar-refractivity contribution in [3.63, 3.8) is 0 Å². The number of aryl methyl sites for hydroxylation is 2. The lowest BCUT2D eigenvalue weighted by molar-refractivity contribution is 0.716. The summed E-state index contributed by atoms with van der Waals surface area (Å²) in [5, 5.41) is 4.41. The van der Waals surface area contributed by atoms with Gasteiger partial charge in [0.05, 0.1) is 5.69 Å². The highest BCUT2D eigenvalue weighted by Gasteiger charge is 2.10. The molecule has 0 aliphatic carbocycles. The highest BCUT2D eigenvalue weighted by atomic mass is 15.3. The fourth-order valence-corrected chi connectivity index (χ4v) is 1.57. The van der Waals surface area contributed by atoms with Gasteiger partial charge in [-0.25, -0.2) is 0 Å². The van der Waals surface area contributed by atoms with Crippen molar-refractivity contribution in [2.45, 2.75) is 39.5 Å². The predicted molar refractivity (Wildman–Crippen MR) is 55.6 cm³/mol. The second-order valence-electron chi connectivity index (χ2n) is 3.39. The molecule has 1 aromatic heterocycles. The van der Waals surface area contributed by atoms with Crippen LogP contribution in [0, 0.1) is 0 Å². The third kappa shape index (κ3) is 2.02. The van der Waals surface area contributed by atoms with E-state index in [0.29, 0.717) is 0 Å². The molecule has 0 atom stereocenters. The molecule has 3 nitrogen and oxygen atoms in total. The second kappa shape index (κ2) is 4.30. The molecule has 0 amide bonds. The minimum Gasteiger partial charge on any atom is -0.384 e. The lowest BCUT2D eigenvalue weighted by Gasteiger charge is -1.98. The molecule has 13 heavy (non-hydrogen) atoms. The molecule has 0 spiro atoms. The molecule has 74 valence electrons. The average Bonchev–Trinajstić information content (AvgIpc) is 2.39. The van der Waals surface area contributed by atoms with Crippen LogP contribution in [0.4, 0.5) is 5.82 Å². The first-order valence-electron chi connectivity index (χ1n) is 5.00. The van der Waals surface area contributed by atoms with Crippen LogP contribution in [0.2, 0.25) is 0 Å². The maximum Gasteiger partial charge on any atom is 0.124 e. The molecule has 1 rings (SSSR count). The van der Waals surface area contributed by atoms with Crippen molar-refractivity contribution in [1.82, 2.24) is 9.78 Å². The summed E-state index contributed by atoms with van der Waals surface area (Å²) in [4.78, 5) is 0. The largest absolute Gasteiger partial charge is 0.384 e. The van der Waals surface area contributed by atoms with Crippen LogP contribution in [-0.2, 0) is 19.9 Å². The van der Waals surface area contributed by atoms with Crippen molar-refractivity contribution >= 4 is 5.82 Å². The molecular formula is C10H19N3. The van der Waals surface area contributed by atoms with Crippen LogP contribution in [0.1, 0.15) is 37.9 Å².